The Morgan fingerprint density at radius 2 is 2.25 bits per heavy atom. The fraction of sp³-hybridized carbons (Fsp3) is 0.273. The van der Waals surface area contributed by atoms with Crippen LogP contribution in [0.4, 0.5) is 0 Å². The van der Waals surface area contributed by atoms with Crippen LogP contribution in [0, 0.1) is 0 Å². The van der Waals surface area contributed by atoms with E-state index in [1.807, 2.05) is 6.07 Å². The first-order chi connectivity index (χ1) is 7.72. The van der Waals surface area contributed by atoms with E-state index in [1.165, 1.54) is 6.07 Å². The highest BCUT2D eigenvalue weighted by molar-refractivity contribution is 5.85. The summed E-state index contributed by atoms with van der Waals surface area (Å²) in [4.78, 5) is 17.7. The van der Waals surface area contributed by atoms with Gasteiger partial charge in [0, 0.05) is 11.1 Å². The monoisotopic (exact) mass is 219 g/mol. The van der Waals surface area contributed by atoms with Gasteiger partial charge in [0.25, 0.3) is 0 Å². The van der Waals surface area contributed by atoms with Crippen LogP contribution in [0.15, 0.2) is 23.0 Å². The van der Waals surface area contributed by atoms with Crippen LogP contribution in [-0.2, 0) is 6.42 Å². The number of nitrogens with one attached hydrogen (secondary N) is 1. The lowest BCUT2D eigenvalue weighted by Gasteiger charge is -2.05. The molecule has 1 aromatic heterocycles. The molecule has 4 N–H and O–H groups in total. The van der Waals surface area contributed by atoms with Gasteiger partial charge in [0.1, 0.15) is 11.3 Å². The molecule has 0 spiro atoms. The summed E-state index contributed by atoms with van der Waals surface area (Å²) >= 11 is 0. The topological polar surface area (TPSA) is 92.0 Å². The van der Waals surface area contributed by atoms with Gasteiger partial charge in [-0.1, -0.05) is 12.1 Å². The van der Waals surface area contributed by atoms with Gasteiger partial charge in [-0.15, -0.1) is 0 Å². The van der Waals surface area contributed by atoms with Gasteiger partial charge in [-0.05, 0) is 25.5 Å². The third-order valence-electron chi connectivity index (χ3n) is 2.44. The molecule has 0 aliphatic heterocycles. The molecule has 0 aliphatic carbocycles. The predicted molar refractivity (Wildman–Crippen MR) is 61.4 cm³/mol. The zero-order valence-corrected chi connectivity index (χ0v) is 8.73. The lowest BCUT2D eigenvalue weighted by Crippen LogP contribution is -2.14. The van der Waals surface area contributed by atoms with E-state index >= 15 is 0 Å². The Morgan fingerprint density at radius 1 is 1.44 bits per heavy atom. The standard InChI is InChI=1S/C11H13N3O2/c12-6-2-4-8-7-3-1-5-9(15)10(7)14-11(16)13-8/h1,3,5,15H,2,4,6,12H2,(H,13,14,16). The summed E-state index contributed by atoms with van der Waals surface area (Å²) in [6.45, 7) is 0.560. The summed E-state index contributed by atoms with van der Waals surface area (Å²) in [6, 6.07) is 5.06. The quantitative estimate of drug-likeness (QED) is 0.701. The predicted octanol–water partition coefficient (Wildman–Crippen LogP) is 0.520. The normalized spacial score (nSPS) is 10.8. The molecule has 0 aliphatic rings. The van der Waals surface area contributed by atoms with E-state index in [0.29, 0.717) is 18.5 Å². The Morgan fingerprint density at radius 3 is 3.00 bits per heavy atom. The number of rotatable bonds is 3. The summed E-state index contributed by atoms with van der Waals surface area (Å²) in [6.07, 6.45) is 1.46. The lowest BCUT2D eigenvalue weighted by molar-refractivity contribution is 0.480. The van der Waals surface area contributed by atoms with E-state index in [-0.39, 0.29) is 5.75 Å². The van der Waals surface area contributed by atoms with Gasteiger partial charge in [-0.2, -0.15) is 4.98 Å². The molecule has 1 aromatic carbocycles. The van der Waals surface area contributed by atoms with Crippen LogP contribution in [0.3, 0.4) is 0 Å². The Bertz CT molecular complexity index is 563. The largest absolute Gasteiger partial charge is 0.506 e. The van der Waals surface area contributed by atoms with Crippen LogP contribution in [0.1, 0.15) is 12.1 Å². The van der Waals surface area contributed by atoms with E-state index in [1.54, 1.807) is 6.07 Å². The molecule has 2 rings (SSSR count). The highest BCUT2D eigenvalue weighted by Gasteiger charge is 2.07. The van der Waals surface area contributed by atoms with Gasteiger partial charge in [-0.3, -0.25) is 0 Å². The van der Waals surface area contributed by atoms with E-state index < -0.39 is 5.69 Å². The number of hydrogen-bond donors (Lipinski definition) is 3. The molecule has 2 aromatic rings. The average molecular weight is 219 g/mol. The molecule has 16 heavy (non-hydrogen) atoms. The molecule has 0 saturated heterocycles. The SMILES string of the molecule is NCCCc1[nH]c(=O)nc2c(O)cccc12. The number of hydrogen-bond acceptors (Lipinski definition) is 4. The number of aromatic amines is 1. The minimum atomic E-state index is -0.443. The summed E-state index contributed by atoms with van der Waals surface area (Å²) < 4.78 is 0. The van der Waals surface area contributed by atoms with Crippen LogP contribution < -0.4 is 11.4 Å². The zero-order chi connectivity index (χ0) is 11.5. The van der Waals surface area contributed by atoms with E-state index in [2.05, 4.69) is 9.97 Å². The van der Waals surface area contributed by atoms with Crippen molar-refractivity contribution in [2.75, 3.05) is 6.54 Å². The number of nitrogens with two attached hydrogens (primary N) is 1. The molecule has 0 fully saturated rings. The van der Waals surface area contributed by atoms with Gasteiger partial charge in [0.15, 0.2) is 0 Å². The van der Waals surface area contributed by atoms with Crippen molar-refractivity contribution in [2.45, 2.75) is 12.8 Å². The Labute approximate surface area is 91.9 Å². The number of nitrogens with zero attached hydrogens (tertiary/aromatic N) is 1. The van der Waals surface area contributed by atoms with Gasteiger partial charge >= 0.3 is 5.69 Å². The first-order valence-electron chi connectivity index (χ1n) is 5.13. The minimum Gasteiger partial charge on any atom is -0.506 e. The van der Waals surface area contributed by atoms with Crippen LogP contribution in [-0.4, -0.2) is 21.6 Å². The molecule has 5 nitrogen and oxygen atoms in total. The molecule has 0 bridgehead atoms. The minimum absolute atomic E-state index is 0.0256. The number of para-hydroxylation sites is 1. The maximum atomic E-state index is 11.3. The number of fused-ring (bicyclic) bond motifs is 1. The maximum Gasteiger partial charge on any atom is 0.345 e. The summed E-state index contributed by atoms with van der Waals surface area (Å²) in [5.74, 6) is 0.0256. The van der Waals surface area contributed by atoms with E-state index in [9.17, 15) is 9.90 Å². The fourth-order valence-corrected chi connectivity index (χ4v) is 1.69. The second kappa shape index (κ2) is 4.32. The van der Waals surface area contributed by atoms with Gasteiger partial charge in [0.05, 0.1) is 0 Å². The molecule has 0 radical (unpaired) electrons. The average Bonchev–Trinajstić information content (AvgIpc) is 2.27. The number of aromatic nitrogens is 2. The molecular weight excluding hydrogens is 206 g/mol. The number of H-pyrrole nitrogens is 1. The molecule has 5 heteroatoms. The van der Waals surface area contributed by atoms with Crippen molar-refractivity contribution in [1.82, 2.24) is 9.97 Å². The third-order valence-corrected chi connectivity index (χ3v) is 2.44. The first-order valence-corrected chi connectivity index (χ1v) is 5.13. The second-order valence-electron chi connectivity index (χ2n) is 3.59. The van der Waals surface area contributed by atoms with Crippen molar-refractivity contribution in [3.8, 4) is 5.75 Å². The van der Waals surface area contributed by atoms with Crippen molar-refractivity contribution in [3.63, 3.8) is 0 Å². The number of phenolic OH excluding ortho intramolecular Hbond substituents is 1. The number of phenols is 1. The highest BCUT2D eigenvalue weighted by Crippen LogP contribution is 2.22. The van der Waals surface area contributed by atoms with Crippen LogP contribution >= 0.6 is 0 Å². The Kier molecular flexibility index (Phi) is 2.87. The molecule has 0 amide bonds. The van der Waals surface area contributed by atoms with Crippen molar-refractivity contribution in [2.24, 2.45) is 5.73 Å². The van der Waals surface area contributed by atoms with Crippen molar-refractivity contribution < 1.29 is 5.11 Å². The van der Waals surface area contributed by atoms with Gasteiger partial charge in [-0.25, -0.2) is 4.79 Å². The lowest BCUT2D eigenvalue weighted by atomic mass is 10.1. The zero-order valence-electron chi connectivity index (χ0n) is 8.73. The van der Waals surface area contributed by atoms with Crippen LogP contribution in [0.5, 0.6) is 5.75 Å². The fourth-order valence-electron chi connectivity index (χ4n) is 1.69. The molecule has 1 heterocycles. The highest BCUT2D eigenvalue weighted by atomic mass is 16.3. The molecule has 0 unspecified atom stereocenters. The Hall–Kier alpha value is -1.88. The number of benzene rings is 1. The maximum absolute atomic E-state index is 11.3. The third kappa shape index (κ3) is 1.90. The summed E-state index contributed by atoms with van der Waals surface area (Å²) in [5.41, 5.74) is 6.11. The second-order valence-corrected chi connectivity index (χ2v) is 3.59. The van der Waals surface area contributed by atoms with Gasteiger partial charge < -0.3 is 15.8 Å². The Balaban J connectivity index is 2.63. The number of aryl methyl sites for hydroxylation is 1. The van der Waals surface area contributed by atoms with Gasteiger partial charge in [0.2, 0.25) is 0 Å². The smallest absolute Gasteiger partial charge is 0.345 e. The number of aromatic hydroxyl groups is 1. The van der Waals surface area contributed by atoms with Crippen molar-refractivity contribution in [3.05, 3.63) is 34.4 Å². The molecular formula is C11H13N3O2. The van der Waals surface area contributed by atoms with E-state index in [4.69, 9.17) is 5.73 Å². The molecule has 0 atom stereocenters. The first kappa shape index (κ1) is 10.6. The van der Waals surface area contributed by atoms with Crippen LogP contribution in [0.2, 0.25) is 0 Å². The van der Waals surface area contributed by atoms with Crippen molar-refractivity contribution >= 4 is 10.9 Å². The van der Waals surface area contributed by atoms with E-state index in [0.717, 1.165) is 17.5 Å². The van der Waals surface area contributed by atoms with Crippen LogP contribution in [0.25, 0.3) is 10.9 Å². The summed E-state index contributed by atoms with van der Waals surface area (Å²) in [7, 11) is 0. The summed E-state index contributed by atoms with van der Waals surface area (Å²) in [5, 5.41) is 10.4. The molecule has 0 saturated carbocycles. The van der Waals surface area contributed by atoms with Crippen molar-refractivity contribution in [1.29, 1.82) is 0 Å². The molecule has 84 valence electrons.